The van der Waals surface area contributed by atoms with Crippen LogP contribution < -0.4 is 5.32 Å². The van der Waals surface area contributed by atoms with Crippen molar-refractivity contribution < 1.29 is 19.2 Å². The van der Waals surface area contributed by atoms with Crippen molar-refractivity contribution in [3.63, 3.8) is 0 Å². The van der Waals surface area contributed by atoms with Gasteiger partial charge in [0.05, 0.1) is 16.4 Å². The topological polar surface area (TPSA) is 92.4 Å². The van der Waals surface area contributed by atoms with Crippen LogP contribution in [-0.2, 0) is 9.59 Å². The Hall–Kier alpha value is -2.34. The molecule has 4 rings (SSSR count). The first-order chi connectivity index (χ1) is 16.5. The highest BCUT2D eigenvalue weighted by molar-refractivity contribution is 6.33. The highest BCUT2D eigenvalue weighted by Gasteiger charge is 2.42. The third-order valence-corrected chi connectivity index (χ3v) is 7.51. The van der Waals surface area contributed by atoms with E-state index in [0.717, 1.165) is 42.5 Å². The molecule has 2 aliphatic carbocycles. The summed E-state index contributed by atoms with van der Waals surface area (Å²) in [6.45, 7) is 8.79. The molecule has 0 saturated heterocycles. The van der Waals surface area contributed by atoms with Crippen molar-refractivity contribution in [2.24, 2.45) is 11.3 Å². The maximum Gasteiger partial charge on any atom is 0.303 e. The summed E-state index contributed by atoms with van der Waals surface area (Å²) in [5.41, 5.74) is 4.09. The number of benzene rings is 1. The first-order valence-corrected chi connectivity index (χ1v) is 13.1. The molecule has 0 unspecified atom stereocenters. The summed E-state index contributed by atoms with van der Waals surface area (Å²) < 4.78 is 5.93. The summed E-state index contributed by atoms with van der Waals surface area (Å²) in [7, 11) is 0. The van der Waals surface area contributed by atoms with Gasteiger partial charge in [-0.1, -0.05) is 43.6 Å². The molecular formula is C28H37ClN2O4. The van der Waals surface area contributed by atoms with Crippen LogP contribution in [0.5, 0.6) is 0 Å². The summed E-state index contributed by atoms with van der Waals surface area (Å²) in [6, 6.07) is 5.48. The fraction of sp³-hybridized carbons (Fsp3) is 0.607. The number of halogens is 1. The van der Waals surface area contributed by atoms with Gasteiger partial charge in [0.25, 0.3) is 0 Å². The number of amides is 1. The molecule has 2 aliphatic rings. The van der Waals surface area contributed by atoms with Crippen LogP contribution in [0, 0.1) is 18.3 Å². The van der Waals surface area contributed by atoms with Gasteiger partial charge >= 0.3 is 5.97 Å². The minimum Gasteiger partial charge on any atom is -0.481 e. The van der Waals surface area contributed by atoms with Crippen LogP contribution in [-0.4, -0.2) is 22.1 Å². The predicted octanol–water partition coefficient (Wildman–Crippen LogP) is 7.42. The summed E-state index contributed by atoms with van der Waals surface area (Å²) >= 11 is 6.30. The minimum absolute atomic E-state index is 0.0273. The molecule has 0 aliphatic heterocycles. The van der Waals surface area contributed by atoms with Crippen molar-refractivity contribution in [2.45, 2.75) is 96.8 Å². The molecule has 0 radical (unpaired) electrons. The first-order valence-electron chi connectivity index (χ1n) is 12.8. The number of aromatic nitrogens is 1. The first kappa shape index (κ1) is 25.7. The molecule has 2 fully saturated rings. The van der Waals surface area contributed by atoms with E-state index in [9.17, 15) is 14.7 Å². The Bertz CT molecular complexity index is 1080. The fourth-order valence-corrected chi connectivity index (χ4v) is 5.74. The smallest absolute Gasteiger partial charge is 0.303 e. The standard InChI is InChI=1S/C28H37ClN2O4/c1-16-5-9-22(21(29)11-16)30-23(32)14-19(8-10-24(33)34)27-25(18-6-7-18)26(31-35-27)20-12-17(13-20)15-28(2,3)4/h5,9,11,17-20H,6-8,10,12-15H2,1-4H3,(H,30,32)(H,33,34)/t17?,19-,20?/m0/s1. The van der Waals surface area contributed by atoms with Crippen molar-refractivity contribution in [1.82, 2.24) is 5.16 Å². The summed E-state index contributed by atoms with van der Waals surface area (Å²) in [5, 5.41) is 17.2. The SMILES string of the molecule is Cc1ccc(NC(=O)C[C@H](CCC(=O)O)c2onc(C3CC(CC(C)(C)C)C3)c2C2CC2)c(Cl)c1. The number of aryl methyl sites for hydroxylation is 1. The number of carboxylic acids is 1. The van der Waals surface area contributed by atoms with Crippen LogP contribution in [0.25, 0.3) is 0 Å². The molecule has 1 aromatic heterocycles. The Morgan fingerprint density at radius 2 is 1.94 bits per heavy atom. The van der Waals surface area contributed by atoms with Crippen LogP contribution >= 0.6 is 11.6 Å². The van der Waals surface area contributed by atoms with Gasteiger partial charge < -0.3 is 14.9 Å². The molecule has 1 heterocycles. The summed E-state index contributed by atoms with van der Waals surface area (Å²) in [6.07, 6.45) is 6.06. The lowest BCUT2D eigenvalue weighted by Gasteiger charge is -2.38. The van der Waals surface area contributed by atoms with E-state index in [1.807, 2.05) is 13.0 Å². The number of carbonyl (C=O) groups is 2. The molecule has 2 N–H and O–H groups in total. The number of anilines is 1. The quantitative estimate of drug-likeness (QED) is 0.354. The zero-order valence-electron chi connectivity index (χ0n) is 21.2. The molecule has 2 aromatic rings. The third kappa shape index (κ3) is 6.66. The average Bonchev–Trinajstić information content (AvgIpc) is 3.47. The number of nitrogens with one attached hydrogen (secondary N) is 1. The highest BCUT2D eigenvalue weighted by Crippen LogP contribution is 2.53. The second kappa shape index (κ2) is 10.3. The number of aliphatic carboxylic acids is 1. The molecule has 6 nitrogen and oxygen atoms in total. The molecule has 1 amide bonds. The van der Waals surface area contributed by atoms with Gasteiger partial charge in [0, 0.05) is 30.2 Å². The summed E-state index contributed by atoms with van der Waals surface area (Å²) in [5.74, 6) is 0.810. The molecule has 7 heteroatoms. The van der Waals surface area contributed by atoms with Crippen LogP contribution in [0.4, 0.5) is 5.69 Å². The van der Waals surface area contributed by atoms with E-state index in [1.54, 1.807) is 12.1 Å². The highest BCUT2D eigenvalue weighted by atomic mass is 35.5. The maximum absolute atomic E-state index is 13.0. The van der Waals surface area contributed by atoms with Crippen molar-refractivity contribution in [3.8, 4) is 0 Å². The number of rotatable bonds is 10. The Morgan fingerprint density at radius 1 is 1.23 bits per heavy atom. The van der Waals surface area contributed by atoms with Gasteiger partial charge in [-0.25, -0.2) is 0 Å². The van der Waals surface area contributed by atoms with Crippen molar-refractivity contribution in [3.05, 3.63) is 45.8 Å². The lowest BCUT2D eigenvalue weighted by molar-refractivity contribution is -0.137. The molecule has 190 valence electrons. The zero-order chi connectivity index (χ0) is 25.3. The molecule has 1 aromatic carbocycles. The van der Waals surface area contributed by atoms with Crippen LogP contribution in [0.3, 0.4) is 0 Å². The van der Waals surface area contributed by atoms with Gasteiger partial charge in [0.1, 0.15) is 5.76 Å². The third-order valence-electron chi connectivity index (χ3n) is 7.20. The molecular weight excluding hydrogens is 464 g/mol. The number of hydrogen-bond donors (Lipinski definition) is 2. The maximum atomic E-state index is 13.0. The zero-order valence-corrected chi connectivity index (χ0v) is 22.0. The van der Waals surface area contributed by atoms with Crippen LogP contribution in [0.1, 0.15) is 112 Å². The Labute approximate surface area is 212 Å². The lowest BCUT2D eigenvalue weighted by atomic mass is 9.66. The van der Waals surface area contributed by atoms with Crippen LogP contribution in [0.2, 0.25) is 5.02 Å². The van der Waals surface area contributed by atoms with Gasteiger partial charge in [-0.05, 0) is 80.4 Å². The lowest BCUT2D eigenvalue weighted by Crippen LogP contribution is -2.27. The van der Waals surface area contributed by atoms with E-state index in [-0.39, 0.29) is 24.7 Å². The van der Waals surface area contributed by atoms with E-state index < -0.39 is 5.97 Å². The van der Waals surface area contributed by atoms with Gasteiger partial charge in [0.2, 0.25) is 5.91 Å². The molecule has 0 bridgehead atoms. The van der Waals surface area contributed by atoms with E-state index in [1.165, 1.54) is 6.42 Å². The number of carboxylic acid groups (broad SMARTS) is 1. The number of carbonyl (C=O) groups excluding carboxylic acids is 1. The van der Waals surface area contributed by atoms with E-state index in [2.05, 4.69) is 31.2 Å². The van der Waals surface area contributed by atoms with Gasteiger partial charge in [0.15, 0.2) is 0 Å². The molecule has 35 heavy (non-hydrogen) atoms. The molecule has 0 spiro atoms. The van der Waals surface area contributed by atoms with Crippen molar-refractivity contribution in [2.75, 3.05) is 5.32 Å². The Kier molecular flexibility index (Phi) is 7.60. The summed E-state index contributed by atoms with van der Waals surface area (Å²) in [4.78, 5) is 24.4. The van der Waals surface area contributed by atoms with Crippen molar-refractivity contribution in [1.29, 1.82) is 0 Å². The normalized spacial score (nSPS) is 20.8. The fourth-order valence-electron chi connectivity index (χ4n) is 5.46. The number of hydrogen-bond acceptors (Lipinski definition) is 4. The molecule has 1 atom stereocenters. The van der Waals surface area contributed by atoms with Gasteiger partial charge in [-0.3, -0.25) is 9.59 Å². The largest absolute Gasteiger partial charge is 0.481 e. The molecule has 2 saturated carbocycles. The second-order valence-electron chi connectivity index (χ2n) is 11.8. The van der Waals surface area contributed by atoms with E-state index in [4.69, 9.17) is 16.1 Å². The average molecular weight is 501 g/mol. The Morgan fingerprint density at radius 3 is 2.54 bits per heavy atom. The van der Waals surface area contributed by atoms with E-state index >= 15 is 0 Å². The Balaban J connectivity index is 1.51. The second-order valence-corrected chi connectivity index (χ2v) is 12.2. The van der Waals surface area contributed by atoms with Crippen LogP contribution in [0.15, 0.2) is 22.7 Å². The minimum atomic E-state index is -0.881. The van der Waals surface area contributed by atoms with Crippen molar-refractivity contribution >= 4 is 29.2 Å². The number of nitrogens with zero attached hydrogens (tertiary/aromatic N) is 1. The predicted molar refractivity (Wildman–Crippen MR) is 137 cm³/mol. The van der Waals surface area contributed by atoms with Gasteiger partial charge in [-0.15, -0.1) is 0 Å². The van der Waals surface area contributed by atoms with Gasteiger partial charge in [-0.2, -0.15) is 0 Å². The monoisotopic (exact) mass is 500 g/mol. The van der Waals surface area contributed by atoms with E-state index in [0.29, 0.717) is 46.1 Å².